The molecule has 0 fully saturated rings. The summed E-state index contributed by atoms with van der Waals surface area (Å²) in [6.45, 7) is 12.3. The van der Waals surface area contributed by atoms with Gasteiger partial charge in [0.15, 0.2) is 0 Å². The number of allylic oxidation sites excluding steroid dienone is 10. The van der Waals surface area contributed by atoms with Gasteiger partial charge in [0.25, 0.3) is 0 Å². The van der Waals surface area contributed by atoms with E-state index >= 15 is 26.3 Å². The van der Waals surface area contributed by atoms with Crippen LogP contribution >= 0.6 is 69.8 Å². The molecule has 0 spiro atoms. The van der Waals surface area contributed by atoms with Gasteiger partial charge in [-0.05, 0) is 47.2 Å². The van der Waals surface area contributed by atoms with Gasteiger partial charge in [-0.3, -0.25) is 0 Å². The second-order valence-corrected chi connectivity index (χ2v) is 20.5. The number of hydrogen-bond acceptors (Lipinski definition) is 6. The first-order valence-electron chi connectivity index (χ1n) is 16.8. The predicted molar refractivity (Wildman–Crippen MR) is 223 cm³/mol. The fraction of sp³-hybridized carbons (Fsp3) is 0.317. The van der Waals surface area contributed by atoms with Crippen molar-refractivity contribution in [1.82, 2.24) is 0 Å². The van der Waals surface area contributed by atoms with Crippen molar-refractivity contribution in [2.45, 2.75) is 83.0 Å². The molecule has 53 heavy (non-hydrogen) atoms. The van der Waals surface area contributed by atoms with Gasteiger partial charge in [-0.15, -0.1) is 45.3 Å². The molecule has 0 atom stereocenters. The Balaban J connectivity index is 1.57. The highest BCUT2D eigenvalue weighted by Crippen LogP contribution is 2.67. The SMILES string of the molecule is CC(C)(C)c1ccc(-c2cc(C3=C(c4cc(-c5ccc(C(C)(C)C)s5)sc4C4=CC=CCC4=S)C(F)(F)C(F)(F)C3(F)F)c(C3=CC=CCC3=S)s2)s1. The average molecular weight is 833 g/mol. The molecule has 0 nitrogen and oxygen atoms in total. The van der Waals surface area contributed by atoms with Crippen LogP contribution in [0.4, 0.5) is 26.3 Å². The summed E-state index contributed by atoms with van der Waals surface area (Å²) in [6, 6.07) is 10.3. The first-order chi connectivity index (χ1) is 24.6. The number of rotatable bonds is 6. The van der Waals surface area contributed by atoms with E-state index in [1.165, 1.54) is 34.8 Å². The van der Waals surface area contributed by atoms with Gasteiger partial charge in [0.2, 0.25) is 0 Å². The molecule has 0 bridgehead atoms. The van der Waals surface area contributed by atoms with Crippen molar-refractivity contribution in [2.24, 2.45) is 0 Å². The molecule has 0 aromatic carbocycles. The van der Waals surface area contributed by atoms with Crippen molar-refractivity contribution in [2.75, 3.05) is 0 Å². The Morgan fingerprint density at radius 3 is 1.25 bits per heavy atom. The van der Waals surface area contributed by atoms with Gasteiger partial charge in [-0.1, -0.05) is 102 Å². The fourth-order valence-electron chi connectivity index (χ4n) is 6.47. The van der Waals surface area contributed by atoms with Gasteiger partial charge in [0, 0.05) is 95.0 Å². The first-order valence-corrected chi connectivity index (χ1v) is 20.9. The minimum Gasteiger partial charge on any atom is -0.194 e. The van der Waals surface area contributed by atoms with Gasteiger partial charge in [-0.2, -0.15) is 26.3 Å². The Kier molecular flexibility index (Phi) is 9.59. The van der Waals surface area contributed by atoms with E-state index in [0.29, 0.717) is 53.2 Å². The third kappa shape index (κ3) is 6.39. The Morgan fingerprint density at radius 1 is 0.547 bits per heavy atom. The lowest BCUT2D eigenvalue weighted by molar-refractivity contribution is -0.254. The maximum Gasteiger partial charge on any atom is 0.380 e. The molecule has 0 amide bonds. The highest BCUT2D eigenvalue weighted by Gasteiger charge is 2.80. The molecule has 0 radical (unpaired) electrons. The molecule has 0 saturated heterocycles. The quantitative estimate of drug-likeness (QED) is 0.140. The molecule has 4 heterocycles. The van der Waals surface area contributed by atoms with Crippen molar-refractivity contribution in [1.29, 1.82) is 0 Å². The van der Waals surface area contributed by atoms with E-state index in [-0.39, 0.29) is 31.7 Å². The Labute approximate surface area is 332 Å². The van der Waals surface area contributed by atoms with Crippen molar-refractivity contribution in [3.63, 3.8) is 0 Å². The summed E-state index contributed by atoms with van der Waals surface area (Å²) in [5, 5.41) is 0. The summed E-state index contributed by atoms with van der Waals surface area (Å²) in [7, 11) is 0. The van der Waals surface area contributed by atoms with Crippen LogP contribution < -0.4 is 0 Å². The third-order valence-electron chi connectivity index (χ3n) is 9.34. The molecule has 0 saturated carbocycles. The van der Waals surface area contributed by atoms with Gasteiger partial charge in [-0.25, -0.2) is 0 Å². The zero-order valence-corrected chi connectivity index (χ0v) is 34.5. The lowest BCUT2D eigenvalue weighted by Gasteiger charge is -2.26. The molecule has 0 N–H and O–H groups in total. The van der Waals surface area contributed by atoms with E-state index in [1.54, 1.807) is 36.5 Å². The number of hydrogen-bond donors (Lipinski definition) is 0. The topological polar surface area (TPSA) is 0 Å². The van der Waals surface area contributed by atoms with Gasteiger partial charge >= 0.3 is 17.8 Å². The fourth-order valence-corrected chi connectivity index (χ4v) is 11.9. The molecule has 12 heteroatoms. The molecule has 3 aliphatic rings. The van der Waals surface area contributed by atoms with Crippen LogP contribution in [0, 0.1) is 0 Å². The molecule has 7 rings (SSSR count). The highest BCUT2D eigenvalue weighted by atomic mass is 32.1. The Morgan fingerprint density at radius 2 is 0.925 bits per heavy atom. The van der Waals surface area contributed by atoms with Gasteiger partial charge in [0.1, 0.15) is 0 Å². The van der Waals surface area contributed by atoms with Crippen LogP contribution in [0.2, 0.25) is 0 Å². The lowest BCUT2D eigenvalue weighted by atomic mass is 9.90. The van der Waals surface area contributed by atoms with Crippen LogP contribution in [0.15, 0.2) is 72.9 Å². The largest absolute Gasteiger partial charge is 0.380 e. The second kappa shape index (κ2) is 13.2. The van der Waals surface area contributed by atoms with Crippen LogP contribution in [-0.4, -0.2) is 27.5 Å². The van der Waals surface area contributed by atoms with E-state index in [0.717, 1.165) is 32.4 Å². The van der Waals surface area contributed by atoms with Gasteiger partial charge in [0.05, 0.1) is 0 Å². The highest BCUT2D eigenvalue weighted by molar-refractivity contribution is 7.81. The zero-order valence-electron chi connectivity index (χ0n) is 29.6. The minimum absolute atomic E-state index is 0.154. The van der Waals surface area contributed by atoms with E-state index in [4.69, 9.17) is 24.4 Å². The Bertz CT molecular complexity index is 2170. The number of halogens is 6. The number of thiophene rings is 4. The molecule has 3 aliphatic carbocycles. The lowest BCUT2D eigenvalue weighted by Crippen LogP contribution is -2.49. The normalized spacial score (nSPS) is 19.7. The summed E-state index contributed by atoms with van der Waals surface area (Å²) in [5.41, 5.74) is -3.19. The van der Waals surface area contributed by atoms with Crippen LogP contribution in [0.5, 0.6) is 0 Å². The monoisotopic (exact) mass is 832 g/mol. The summed E-state index contributed by atoms with van der Waals surface area (Å²) in [4.78, 5) is 5.57. The number of thiocarbonyl (C=S) groups is 2. The predicted octanol–water partition coefficient (Wildman–Crippen LogP) is 15.1. The summed E-state index contributed by atoms with van der Waals surface area (Å²) < 4.78 is 98.5. The van der Waals surface area contributed by atoms with E-state index in [2.05, 4.69) is 0 Å². The standard InChI is InChI=1S/C41H34F6S6/c1-37(2,3)31-17-15-27(50-31)29-19-23(35(52-29)21-11-7-9-13-25(21)48)33-34(40(44,45)41(46,47)39(33,42)43)24-20-30(28-16-18-32(51-28)38(4,5)6)53-36(24)22-12-8-10-14-26(22)49/h7-12,15-20H,13-14H2,1-6H3. The third-order valence-corrected chi connectivity index (χ3v) is 15.9. The van der Waals surface area contributed by atoms with Crippen LogP contribution in [0.3, 0.4) is 0 Å². The molecule has 276 valence electrons. The molecule has 4 aromatic heterocycles. The summed E-state index contributed by atoms with van der Waals surface area (Å²) in [6.07, 6.45) is 10.9. The smallest absolute Gasteiger partial charge is 0.194 e. The van der Waals surface area contributed by atoms with Crippen LogP contribution in [0.25, 0.3) is 41.8 Å². The van der Waals surface area contributed by atoms with Crippen molar-refractivity contribution in [3.05, 3.63) is 103 Å². The molecule has 0 unspecified atom stereocenters. The van der Waals surface area contributed by atoms with E-state index < -0.39 is 28.9 Å². The van der Waals surface area contributed by atoms with Crippen LogP contribution in [-0.2, 0) is 10.8 Å². The maximum absolute atomic E-state index is 16.6. The first kappa shape index (κ1) is 38.5. The summed E-state index contributed by atoms with van der Waals surface area (Å²) in [5.74, 6) is -16.2. The molecule has 4 aromatic rings. The molecular weight excluding hydrogens is 799 g/mol. The van der Waals surface area contributed by atoms with E-state index in [1.807, 2.05) is 65.8 Å². The minimum atomic E-state index is -5.74. The molecular formula is C41H34F6S6. The van der Waals surface area contributed by atoms with Crippen molar-refractivity contribution < 1.29 is 26.3 Å². The van der Waals surface area contributed by atoms with E-state index in [9.17, 15) is 0 Å². The molecule has 0 aliphatic heterocycles. The Hall–Kier alpha value is -2.74. The van der Waals surface area contributed by atoms with Crippen molar-refractivity contribution in [3.8, 4) is 19.5 Å². The van der Waals surface area contributed by atoms with Crippen molar-refractivity contribution >= 4 is 102 Å². The van der Waals surface area contributed by atoms with Crippen LogP contribution in [0.1, 0.15) is 85.0 Å². The summed E-state index contributed by atoms with van der Waals surface area (Å²) >= 11 is 16.4. The average Bonchev–Trinajstić information content (AvgIpc) is 3.89. The maximum atomic E-state index is 16.6. The second-order valence-electron chi connectivity index (χ2n) is 15.3. The zero-order chi connectivity index (χ0) is 38.5. The van der Waals surface area contributed by atoms with Gasteiger partial charge < -0.3 is 0 Å². The number of alkyl halides is 6.